The van der Waals surface area contributed by atoms with E-state index in [9.17, 15) is 0 Å². The third kappa shape index (κ3) is 5.38. The van der Waals surface area contributed by atoms with Crippen LogP contribution in [0.15, 0.2) is 133 Å². The monoisotopic (exact) mass is 606 g/mol. The lowest BCUT2D eigenvalue weighted by Gasteiger charge is -2.12. The van der Waals surface area contributed by atoms with Gasteiger partial charge in [0, 0.05) is 21.9 Å². The molecule has 0 bridgehead atoms. The Morgan fingerprint density at radius 1 is 0.340 bits per heavy atom. The van der Waals surface area contributed by atoms with Crippen molar-refractivity contribution in [1.29, 1.82) is 0 Å². The molecule has 0 amide bonds. The maximum atomic E-state index is 5.19. The highest BCUT2D eigenvalue weighted by molar-refractivity contribution is 6.11. The molecule has 0 atom stereocenters. The number of hydrogen-bond donors (Lipinski definition) is 0. The molecule has 2 aromatic heterocycles. The minimum absolute atomic E-state index is 0.591. The normalized spacial score (nSPS) is 11.4. The van der Waals surface area contributed by atoms with Crippen molar-refractivity contribution in [3.63, 3.8) is 0 Å². The molecule has 0 aliphatic rings. The van der Waals surface area contributed by atoms with Crippen LogP contribution < -0.4 is 0 Å². The van der Waals surface area contributed by atoms with Gasteiger partial charge >= 0.3 is 0 Å². The Bertz CT molecular complexity index is 2230. The molecule has 8 rings (SSSR count). The van der Waals surface area contributed by atoms with E-state index in [2.05, 4.69) is 166 Å². The van der Waals surface area contributed by atoms with E-state index >= 15 is 0 Å². The van der Waals surface area contributed by atoms with Gasteiger partial charge in [0.25, 0.3) is 0 Å². The Labute approximate surface area is 275 Å². The summed E-state index contributed by atoms with van der Waals surface area (Å²) in [4.78, 5) is 15.4. The summed E-state index contributed by atoms with van der Waals surface area (Å²) in [7, 11) is 0. The molecule has 0 saturated carbocycles. The van der Waals surface area contributed by atoms with Crippen molar-refractivity contribution >= 4 is 21.8 Å². The van der Waals surface area contributed by atoms with E-state index in [0.29, 0.717) is 17.6 Å². The number of aryl methyl sites for hydroxylation is 4. The van der Waals surface area contributed by atoms with Crippen LogP contribution in [0.3, 0.4) is 0 Å². The molecule has 0 fully saturated rings. The van der Waals surface area contributed by atoms with Crippen LogP contribution in [0.2, 0.25) is 0 Å². The second kappa shape index (κ2) is 11.5. The fraction of sp³-hybridized carbons (Fsp3) is 0.0930. The van der Waals surface area contributed by atoms with Gasteiger partial charge in [-0.1, -0.05) is 144 Å². The number of fused-ring (bicyclic) bond motifs is 3. The summed E-state index contributed by atoms with van der Waals surface area (Å²) < 4.78 is 2.22. The highest BCUT2D eigenvalue weighted by Gasteiger charge is 2.19. The van der Waals surface area contributed by atoms with Crippen LogP contribution in [-0.2, 0) is 0 Å². The minimum Gasteiger partial charge on any atom is -0.278 e. The topological polar surface area (TPSA) is 43.6 Å². The van der Waals surface area contributed by atoms with Crippen molar-refractivity contribution in [2.45, 2.75) is 27.7 Å². The third-order valence-electron chi connectivity index (χ3n) is 8.98. The molecule has 0 spiro atoms. The molecule has 6 aromatic carbocycles. The van der Waals surface area contributed by atoms with Crippen molar-refractivity contribution in [2.75, 3.05) is 0 Å². The number of benzene rings is 6. The zero-order valence-corrected chi connectivity index (χ0v) is 27.0. The van der Waals surface area contributed by atoms with Crippen LogP contribution in [0.25, 0.3) is 72.8 Å². The maximum absolute atomic E-state index is 5.19. The average Bonchev–Trinajstić information content (AvgIpc) is 3.42. The summed E-state index contributed by atoms with van der Waals surface area (Å²) in [5, 5.41) is 2.31. The second-order valence-corrected chi connectivity index (χ2v) is 12.5. The summed E-state index contributed by atoms with van der Waals surface area (Å²) in [5.74, 6) is 1.88. The standard InChI is InChI=1S/C43H34N4/c1-27-5-13-31(14-6-27)35-21-23-37-38-24-22-36(32-15-7-28(2)8-16-32)26-40(38)47(39(37)25-35)43-45-41(33-17-9-29(3)10-18-33)44-42(46-43)34-19-11-30(4)12-20-34/h5-26H,1-4H3. The van der Waals surface area contributed by atoms with Crippen LogP contribution >= 0.6 is 0 Å². The van der Waals surface area contributed by atoms with Crippen LogP contribution in [0, 0.1) is 27.7 Å². The first-order chi connectivity index (χ1) is 22.9. The largest absolute Gasteiger partial charge is 0.278 e. The van der Waals surface area contributed by atoms with E-state index in [4.69, 9.17) is 15.0 Å². The number of rotatable bonds is 5. The number of nitrogens with zero attached hydrogens (tertiary/aromatic N) is 4. The zero-order chi connectivity index (χ0) is 32.1. The molecule has 0 saturated heterocycles. The quantitative estimate of drug-likeness (QED) is 0.196. The van der Waals surface area contributed by atoms with E-state index in [1.165, 1.54) is 33.4 Å². The minimum atomic E-state index is 0.591. The van der Waals surface area contributed by atoms with Gasteiger partial charge in [-0.25, -0.2) is 4.98 Å². The van der Waals surface area contributed by atoms with Crippen LogP contribution in [-0.4, -0.2) is 19.5 Å². The van der Waals surface area contributed by atoms with Gasteiger partial charge < -0.3 is 0 Å². The molecular weight excluding hydrogens is 573 g/mol. The van der Waals surface area contributed by atoms with Gasteiger partial charge in [-0.05, 0) is 62.1 Å². The van der Waals surface area contributed by atoms with Crippen LogP contribution in [0.1, 0.15) is 22.3 Å². The Balaban J connectivity index is 1.43. The van der Waals surface area contributed by atoms with Gasteiger partial charge in [-0.2, -0.15) is 9.97 Å². The molecule has 0 radical (unpaired) electrons. The van der Waals surface area contributed by atoms with Gasteiger partial charge in [-0.15, -0.1) is 0 Å². The van der Waals surface area contributed by atoms with E-state index in [0.717, 1.165) is 44.1 Å². The lowest BCUT2D eigenvalue weighted by Crippen LogP contribution is -2.06. The van der Waals surface area contributed by atoms with Crippen molar-refractivity contribution in [2.24, 2.45) is 0 Å². The fourth-order valence-electron chi connectivity index (χ4n) is 6.21. The lowest BCUT2D eigenvalue weighted by molar-refractivity contribution is 0.953. The number of aromatic nitrogens is 4. The third-order valence-corrected chi connectivity index (χ3v) is 8.98. The van der Waals surface area contributed by atoms with E-state index in [1.807, 2.05) is 0 Å². The SMILES string of the molecule is Cc1ccc(-c2ccc3c4ccc(-c5ccc(C)cc5)cc4n(-c4nc(-c5ccc(C)cc5)nc(-c5ccc(C)cc5)n4)c3c2)cc1. The van der Waals surface area contributed by atoms with Gasteiger partial charge in [0.2, 0.25) is 5.95 Å². The average molecular weight is 607 g/mol. The Kier molecular flexibility index (Phi) is 6.99. The first-order valence-corrected chi connectivity index (χ1v) is 16.0. The second-order valence-electron chi connectivity index (χ2n) is 12.5. The predicted molar refractivity (Wildman–Crippen MR) is 195 cm³/mol. The Morgan fingerprint density at radius 3 is 1.02 bits per heavy atom. The summed E-state index contributed by atoms with van der Waals surface area (Å²) in [6.45, 7) is 8.43. The van der Waals surface area contributed by atoms with E-state index in [-0.39, 0.29) is 0 Å². The number of hydrogen-bond acceptors (Lipinski definition) is 3. The van der Waals surface area contributed by atoms with Gasteiger partial charge in [0.05, 0.1) is 11.0 Å². The molecule has 47 heavy (non-hydrogen) atoms. The fourth-order valence-corrected chi connectivity index (χ4v) is 6.21. The molecule has 0 unspecified atom stereocenters. The van der Waals surface area contributed by atoms with Gasteiger partial charge in [-0.3, -0.25) is 4.57 Å². The summed E-state index contributed by atoms with van der Waals surface area (Å²) >= 11 is 0. The van der Waals surface area contributed by atoms with Crippen LogP contribution in [0.4, 0.5) is 0 Å². The molecule has 0 aliphatic heterocycles. The van der Waals surface area contributed by atoms with Crippen molar-refractivity contribution in [3.8, 4) is 51.0 Å². The molecule has 4 nitrogen and oxygen atoms in total. The zero-order valence-electron chi connectivity index (χ0n) is 27.0. The summed E-state index contributed by atoms with van der Waals surface area (Å²) in [6, 6.07) is 47.6. The lowest BCUT2D eigenvalue weighted by atomic mass is 10.0. The van der Waals surface area contributed by atoms with Crippen molar-refractivity contribution in [3.05, 3.63) is 156 Å². The van der Waals surface area contributed by atoms with E-state index < -0.39 is 0 Å². The van der Waals surface area contributed by atoms with Crippen molar-refractivity contribution in [1.82, 2.24) is 19.5 Å². The van der Waals surface area contributed by atoms with Crippen LogP contribution in [0.5, 0.6) is 0 Å². The Hall–Kier alpha value is -5.87. The highest BCUT2D eigenvalue weighted by Crippen LogP contribution is 2.37. The van der Waals surface area contributed by atoms with Gasteiger partial charge in [0.15, 0.2) is 11.6 Å². The molecule has 2 heterocycles. The maximum Gasteiger partial charge on any atom is 0.238 e. The molecular formula is C43H34N4. The first-order valence-electron chi connectivity index (χ1n) is 16.0. The molecule has 8 aromatic rings. The smallest absolute Gasteiger partial charge is 0.238 e. The first kappa shape index (κ1) is 28.6. The summed E-state index contributed by atoms with van der Waals surface area (Å²) in [6.07, 6.45) is 0. The molecule has 4 heteroatoms. The summed E-state index contributed by atoms with van der Waals surface area (Å²) in [5.41, 5.74) is 13.5. The van der Waals surface area contributed by atoms with Gasteiger partial charge in [0.1, 0.15) is 0 Å². The highest BCUT2D eigenvalue weighted by atomic mass is 15.2. The molecule has 0 aliphatic carbocycles. The molecule has 226 valence electrons. The van der Waals surface area contributed by atoms with Crippen molar-refractivity contribution < 1.29 is 0 Å². The predicted octanol–water partition coefficient (Wildman–Crippen LogP) is 10.9. The molecule has 0 N–H and O–H groups in total. The Morgan fingerprint density at radius 2 is 0.660 bits per heavy atom. The van der Waals surface area contributed by atoms with E-state index in [1.54, 1.807) is 0 Å².